The minimum atomic E-state index is -0.674. The van der Waals surface area contributed by atoms with Crippen LogP contribution in [-0.2, 0) is 10.2 Å². The number of piperazine rings is 1. The number of hydrogen-bond donors (Lipinski definition) is 2. The van der Waals surface area contributed by atoms with E-state index in [-0.39, 0.29) is 17.2 Å². The molecule has 0 aliphatic carbocycles. The van der Waals surface area contributed by atoms with E-state index in [2.05, 4.69) is 53.2 Å². The highest BCUT2D eigenvalue weighted by molar-refractivity contribution is 6.00. The molecule has 1 atom stereocenters. The number of nitrogens with zero attached hydrogens (tertiary/aromatic N) is 3. The Kier molecular flexibility index (Phi) is 6.95. The van der Waals surface area contributed by atoms with E-state index in [9.17, 15) is 9.59 Å². The molecule has 2 amide bonds. The molecule has 7 nitrogen and oxygen atoms in total. The summed E-state index contributed by atoms with van der Waals surface area (Å²) >= 11 is 0. The lowest BCUT2D eigenvalue weighted by atomic mass is 9.86. The predicted molar refractivity (Wildman–Crippen MR) is 125 cm³/mol. The largest absolute Gasteiger partial charge is 0.354 e. The van der Waals surface area contributed by atoms with Crippen LogP contribution in [0.25, 0.3) is 0 Å². The lowest BCUT2D eigenvalue weighted by molar-refractivity contribution is -0.117. The number of nitrogens with one attached hydrogen (secondary N) is 2. The van der Waals surface area contributed by atoms with Crippen LogP contribution >= 0.6 is 0 Å². The van der Waals surface area contributed by atoms with E-state index in [0.717, 1.165) is 37.6 Å². The average Bonchev–Trinajstić information content (AvgIpc) is 2.74. The van der Waals surface area contributed by atoms with Crippen molar-refractivity contribution in [1.29, 1.82) is 0 Å². The molecule has 0 spiro atoms. The molecule has 1 fully saturated rings. The van der Waals surface area contributed by atoms with Crippen molar-refractivity contribution in [3.05, 3.63) is 53.7 Å². The first-order valence-electron chi connectivity index (χ1n) is 10.8. The van der Waals surface area contributed by atoms with Gasteiger partial charge in [0.15, 0.2) is 0 Å². The Hall–Kier alpha value is -2.93. The summed E-state index contributed by atoms with van der Waals surface area (Å²) in [6.45, 7) is 11.9. The van der Waals surface area contributed by atoms with Crippen molar-refractivity contribution in [3.8, 4) is 0 Å². The third-order valence-corrected chi connectivity index (χ3v) is 5.60. The van der Waals surface area contributed by atoms with Crippen molar-refractivity contribution < 1.29 is 9.59 Å². The van der Waals surface area contributed by atoms with Crippen molar-refractivity contribution in [2.24, 2.45) is 0 Å². The third-order valence-electron chi connectivity index (χ3n) is 5.60. The maximum atomic E-state index is 12.5. The van der Waals surface area contributed by atoms with Gasteiger partial charge in [0.25, 0.3) is 5.91 Å². The first-order valence-corrected chi connectivity index (χ1v) is 10.8. The molecule has 3 rings (SSSR count). The van der Waals surface area contributed by atoms with Crippen molar-refractivity contribution in [3.63, 3.8) is 0 Å². The second-order valence-electron chi connectivity index (χ2n) is 9.21. The highest BCUT2D eigenvalue weighted by Crippen LogP contribution is 2.22. The molecule has 1 aliphatic heterocycles. The number of pyridine rings is 1. The van der Waals surface area contributed by atoms with Gasteiger partial charge in [-0.05, 0) is 49.2 Å². The fourth-order valence-corrected chi connectivity index (χ4v) is 3.40. The Labute approximate surface area is 184 Å². The normalized spacial score (nSPS) is 16.0. The molecule has 31 heavy (non-hydrogen) atoms. The number of aromatic nitrogens is 1. The number of likely N-dealkylation sites (N-methyl/N-ethyl adjacent to an activating group) is 1. The molecule has 1 aromatic heterocycles. The van der Waals surface area contributed by atoms with Crippen molar-refractivity contribution in [2.45, 2.75) is 39.2 Å². The van der Waals surface area contributed by atoms with Gasteiger partial charge in [-0.3, -0.25) is 9.59 Å². The van der Waals surface area contributed by atoms with Gasteiger partial charge in [0.2, 0.25) is 5.91 Å². The zero-order chi connectivity index (χ0) is 22.6. The van der Waals surface area contributed by atoms with Crippen LogP contribution in [-0.4, -0.2) is 61.0 Å². The standard InChI is InChI=1S/C24H33N5O2/c1-17(26-23(31)18-6-8-19(9-7-18)24(2,3)4)22(30)27-20-10-11-21(25-16-20)29-14-12-28(5)13-15-29/h6-11,16-17H,12-15H2,1-5H3,(H,26,31)(H,27,30)/t17-/m0/s1. The van der Waals surface area contributed by atoms with Crippen molar-refractivity contribution >= 4 is 23.3 Å². The van der Waals surface area contributed by atoms with E-state index in [0.29, 0.717) is 11.3 Å². The SMILES string of the molecule is C[C@H](NC(=O)c1ccc(C(C)(C)C)cc1)C(=O)Nc1ccc(N2CCN(C)CC2)nc1. The quantitative estimate of drug-likeness (QED) is 0.773. The van der Waals surface area contributed by atoms with Crippen LogP contribution in [0.2, 0.25) is 0 Å². The first-order chi connectivity index (χ1) is 14.6. The van der Waals surface area contributed by atoms with E-state index >= 15 is 0 Å². The third kappa shape index (κ3) is 6.04. The fourth-order valence-electron chi connectivity index (χ4n) is 3.40. The number of amides is 2. The molecule has 2 aromatic rings. The molecule has 2 N–H and O–H groups in total. The number of anilines is 2. The van der Waals surface area contributed by atoms with Gasteiger partial charge in [-0.25, -0.2) is 4.98 Å². The number of carbonyl (C=O) groups excluding carboxylic acids is 2. The van der Waals surface area contributed by atoms with Crippen LogP contribution in [0.15, 0.2) is 42.6 Å². The Bertz CT molecular complexity index is 895. The van der Waals surface area contributed by atoms with Gasteiger partial charge in [-0.1, -0.05) is 32.9 Å². The van der Waals surface area contributed by atoms with Crippen LogP contribution < -0.4 is 15.5 Å². The minimum absolute atomic E-state index is 0.0239. The van der Waals surface area contributed by atoms with Gasteiger partial charge >= 0.3 is 0 Å². The summed E-state index contributed by atoms with van der Waals surface area (Å²) in [7, 11) is 2.12. The van der Waals surface area contributed by atoms with E-state index < -0.39 is 6.04 Å². The smallest absolute Gasteiger partial charge is 0.251 e. The molecule has 166 valence electrons. The monoisotopic (exact) mass is 423 g/mol. The molecular weight excluding hydrogens is 390 g/mol. The number of carbonyl (C=O) groups is 2. The van der Waals surface area contributed by atoms with E-state index in [1.165, 1.54) is 0 Å². The lowest BCUT2D eigenvalue weighted by Gasteiger charge is -2.33. The van der Waals surface area contributed by atoms with E-state index in [1.807, 2.05) is 24.3 Å². The molecule has 2 heterocycles. The minimum Gasteiger partial charge on any atom is -0.354 e. The summed E-state index contributed by atoms with van der Waals surface area (Å²) < 4.78 is 0. The van der Waals surface area contributed by atoms with Gasteiger partial charge in [-0.2, -0.15) is 0 Å². The summed E-state index contributed by atoms with van der Waals surface area (Å²) in [5, 5.41) is 5.58. The molecule has 0 saturated carbocycles. The fraction of sp³-hybridized carbons (Fsp3) is 0.458. The maximum absolute atomic E-state index is 12.5. The number of hydrogen-bond acceptors (Lipinski definition) is 5. The number of rotatable bonds is 5. The average molecular weight is 424 g/mol. The molecule has 0 unspecified atom stereocenters. The molecule has 1 aromatic carbocycles. The second-order valence-corrected chi connectivity index (χ2v) is 9.21. The Morgan fingerprint density at radius 3 is 2.19 bits per heavy atom. The van der Waals surface area contributed by atoms with Crippen LogP contribution in [0.1, 0.15) is 43.6 Å². The van der Waals surface area contributed by atoms with Gasteiger partial charge in [-0.15, -0.1) is 0 Å². The molecule has 0 bridgehead atoms. The molecule has 0 radical (unpaired) electrons. The highest BCUT2D eigenvalue weighted by atomic mass is 16.2. The summed E-state index contributed by atoms with van der Waals surface area (Å²) in [6.07, 6.45) is 1.66. The van der Waals surface area contributed by atoms with Gasteiger partial charge in [0.05, 0.1) is 11.9 Å². The zero-order valence-corrected chi connectivity index (χ0v) is 19.1. The van der Waals surface area contributed by atoms with Crippen LogP contribution in [0.5, 0.6) is 0 Å². The van der Waals surface area contributed by atoms with Gasteiger partial charge in [0.1, 0.15) is 11.9 Å². The molecule has 1 saturated heterocycles. The second kappa shape index (κ2) is 9.47. The van der Waals surface area contributed by atoms with Crippen molar-refractivity contribution in [2.75, 3.05) is 43.4 Å². The topological polar surface area (TPSA) is 77.6 Å². The van der Waals surface area contributed by atoms with Crippen LogP contribution in [0.3, 0.4) is 0 Å². The van der Waals surface area contributed by atoms with E-state index in [4.69, 9.17) is 0 Å². The number of benzene rings is 1. The van der Waals surface area contributed by atoms with Crippen LogP contribution in [0.4, 0.5) is 11.5 Å². The molecular formula is C24H33N5O2. The zero-order valence-electron chi connectivity index (χ0n) is 19.1. The maximum Gasteiger partial charge on any atom is 0.251 e. The molecule has 7 heteroatoms. The van der Waals surface area contributed by atoms with Crippen LogP contribution in [0, 0.1) is 0 Å². The van der Waals surface area contributed by atoms with Gasteiger partial charge < -0.3 is 20.4 Å². The Balaban J connectivity index is 1.53. The van der Waals surface area contributed by atoms with Crippen molar-refractivity contribution in [1.82, 2.24) is 15.2 Å². The summed E-state index contributed by atoms with van der Waals surface area (Å²) in [6, 6.07) is 10.6. The Morgan fingerprint density at radius 1 is 1.00 bits per heavy atom. The summed E-state index contributed by atoms with van der Waals surface area (Å²) in [5.74, 6) is 0.353. The van der Waals surface area contributed by atoms with Gasteiger partial charge in [0, 0.05) is 31.7 Å². The van der Waals surface area contributed by atoms with E-state index in [1.54, 1.807) is 25.3 Å². The first kappa shape index (κ1) is 22.7. The Morgan fingerprint density at radius 2 is 1.65 bits per heavy atom. The highest BCUT2D eigenvalue weighted by Gasteiger charge is 2.19. The predicted octanol–water partition coefficient (Wildman–Crippen LogP) is 2.89. The lowest BCUT2D eigenvalue weighted by Crippen LogP contribution is -2.44. The molecule has 1 aliphatic rings. The summed E-state index contributed by atoms with van der Waals surface area (Å²) in [5.41, 5.74) is 2.32. The summed E-state index contributed by atoms with van der Waals surface area (Å²) in [4.78, 5) is 34.0.